The molecule has 0 atom stereocenters. The van der Waals surface area contributed by atoms with Crippen molar-refractivity contribution in [1.82, 2.24) is 0 Å². The van der Waals surface area contributed by atoms with Gasteiger partial charge in [0.25, 0.3) is 0 Å². The van der Waals surface area contributed by atoms with Crippen molar-refractivity contribution in [3.8, 4) is 0 Å². The van der Waals surface area contributed by atoms with E-state index < -0.39 is 17.7 Å². The molecule has 0 aromatic heterocycles. The average molecular weight is 364 g/mol. The van der Waals surface area contributed by atoms with Gasteiger partial charge in [-0.15, -0.1) is 0 Å². The fourth-order valence-electron chi connectivity index (χ4n) is 2.36. The highest BCUT2D eigenvalue weighted by atomic mass is 16.6. The second-order valence-electron chi connectivity index (χ2n) is 6.95. The number of anilines is 1. The maximum atomic E-state index is 12.0. The van der Waals surface area contributed by atoms with Crippen molar-refractivity contribution in [2.75, 3.05) is 5.32 Å². The SMILES string of the molecule is CC(C)(C)OC(=O)Nc1ccc(C2=N/C(=C/c3ccccc3)C(=O)O2)cc1. The van der Waals surface area contributed by atoms with E-state index in [1.807, 2.05) is 30.3 Å². The lowest BCUT2D eigenvalue weighted by molar-refractivity contribution is -0.129. The van der Waals surface area contributed by atoms with Crippen LogP contribution in [-0.2, 0) is 14.3 Å². The Morgan fingerprint density at radius 1 is 1.07 bits per heavy atom. The number of rotatable bonds is 3. The number of cyclic esters (lactones) is 1. The van der Waals surface area contributed by atoms with Crippen LogP contribution in [0.2, 0.25) is 0 Å². The Hall–Kier alpha value is -3.41. The van der Waals surface area contributed by atoms with Crippen LogP contribution in [0.5, 0.6) is 0 Å². The molecule has 138 valence electrons. The van der Waals surface area contributed by atoms with Gasteiger partial charge in [-0.05, 0) is 56.7 Å². The Morgan fingerprint density at radius 3 is 2.37 bits per heavy atom. The maximum Gasteiger partial charge on any atom is 0.412 e. The minimum Gasteiger partial charge on any atom is -0.444 e. The number of nitrogens with one attached hydrogen (secondary N) is 1. The van der Waals surface area contributed by atoms with Gasteiger partial charge < -0.3 is 9.47 Å². The number of hydrogen-bond donors (Lipinski definition) is 1. The zero-order valence-electron chi connectivity index (χ0n) is 15.4. The first-order valence-electron chi connectivity index (χ1n) is 8.48. The zero-order valence-corrected chi connectivity index (χ0v) is 15.4. The van der Waals surface area contributed by atoms with Crippen LogP contribution in [0, 0.1) is 0 Å². The summed E-state index contributed by atoms with van der Waals surface area (Å²) in [4.78, 5) is 28.1. The highest BCUT2D eigenvalue weighted by Gasteiger charge is 2.24. The molecule has 2 aromatic rings. The van der Waals surface area contributed by atoms with Crippen molar-refractivity contribution in [3.63, 3.8) is 0 Å². The summed E-state index contributed by atoms with van der Waals surface area (Å²) in [6.45, 7) is 5.38. The molecule has 3 rings (SSSR count). The molecular weight excluding hydrogens is 344 g/mol. The Kier molecular flexibility index (Phi) is 5.07. The summed E-state index contributed by atoms with van der Waals surface area (Å²) in [5.74, 6) is -0.268. The zero-order chi connectivity index (χ0) is 19.4. The number of carbonyl (C=O) groups excluding carboxylic acids is 2. The molecule has 1 amide bonds. The number of aliphatic imine (C=N–C) groups is 1. The molecule has 1 aliphatic rings. The van der Waals surface area contributed by atoms with Gasteiger partial charge in [-0.3, -0.25) is 5.32 Å². The monoisotopic (exact) mass is 364 g/mol. The highest BCUT2D eigenvalue weighted by molar-refractivity contribution is 6.13. The summed E-state index contributed by atoms with van der Waals surface area (Å²) >= 11 is 0. The lowest BCUT2D eigenvalue weighted by atomic mass is 10.2. The minimum atomic E-state index is -0.571. The average Bonchev–Trinajstić information content (AvgIpc) is 2.95. The van der Waals surface area contributed by atoms with Gasteiger partial charge in [0.15, 0.2) is 5.70 Å². The first-order valence-corrected chi connectivity index (χ1v) is 8.48. The van der Waals surface area contributed by atoms with Crippen molar-refractivity contribution in [1.29, 1.82) is 0 Å². The Labute approximate surface area is 157 Å². The molecule has 1 N–H and O–H groups in total. The highest BCUT2D eigenvalue weighted by Crippen LogP contribution is 2.20. The normalized spacial score (nSPS) is 15.3. The van der Waals surface area contributed by atoms with Crippen LogP contribution in [0.4, 0.5) is 10.5 Å². The predicted molar refractivity (Wildman–Crippen MR) is 103 cm³/mol. The molecule has 0 aliphatic carbocycles. The fraction of sp³-hybridized carbons (Fsp3) is 0.190. The van der Waals surface area contributed by atoms with Gasteiger partial charge in [0.2, 0.25) is 5.90 Å². The minimum absolute atomic E-state index is 0.228. The number of benzene rings is 2. The Bertz CT molecular complexity index is 907. The summed E-state index contributed by atoms with van der Waals surface area (Å²) in [5.41, 5.74) is 1.74. The molecule has 2 aromatic carbocycles. The van der Waals surface area contributed by atoms with E-state index in [0.29, 0.717) is 11.3 Å². The van der Waals surface area contributed by atoms with E-state index in [1.54, 1.807) is 51.1 Å². The molecule has 27 heavy (non-hydrogen) atoms. The molecule has 1 aliphatic heterocycles. The van der Waals surface area contributed by atoms with Gasteiger partial charge in [-0.25, -0.2) is 14.6 Å². The second-order valence-corrected chi connectivity index (χ2v) is 6.95. The van der Waals surface area contributed by atoms with Crippen molar-refractivity contribution in [2.45, 2.75) is 26.4 Å². The van der Waals surface area contributed by atoms with E-state index in [2.05, 4.69) is 10.3 Å². The summed E-state index contributed by atoms with van der Waals surface area (Å²) in [5, 5.41) is 2.65. The van der Waals surface area contributed by atoms with Gasteiger partial charge in [-0.1, -0.05) is 30.3 Å². The summed E-state index contributed by atoms with van der Waals surface area (Å²) in [6.07, 6.45) is 1.14. The van der Waals surface area contributed by atoms with Crippen molar-refractivity contribution >= 4 is 29.7 Å². The number of nitrogens with zero attached hydrogens (tertiary/aromatic N) is 1. The van der Waals surface area contributed by atoms with Crippen LogP contribution in [0.15, 0.2) is 65.3 Å². The first-order chi connectivity index (χ1) is 12.8. The van der Waals surface area contributed by atoms with Crippen molar-refractivity contribution in [2.24, 2.45) is 4.99 Å². The largest absolute Gasteiger partial charge is 0.444 e. The first kappa shape index (κ1) is 18.4. The molecule has 6 heteroatoms. The third-order valence-electron chi connectivity index (χ3n) is 3.50. The van der Waals surface area contributed by atoms with E-state index in [4.69, 9.17) is 9.47 Å². The second kappa shape index (κ2) is 7.45. The van der Waals surface area contributed by atoms with Crippen LogP contribution in [0.3, 0.4) is 0 Å². The molecule has 0 bridgehead atoms. The molecule has 0 unspecified atom stereocenters. The maximum absolute atomic E-state index is 12.0. The fourth-order valence-corrected chi connectivity index (χ4v) is 2.36. The van der Waals surface area contributed by atoms with Crippen molar-refractivity contribution < 1.29 is 19.1 Å². The summed E-state index contributed by atoms with van der Waals surface area (Å²) < 4.78 is 10.5. The molecule has 0 saturated heterocycles. The number of hydrogen-bond acceptors (Lipinski definition) is 5. The van der Waals surface area contributed by atoms with Gasteiger partial charge in [0.05, 0.1) is 0 Å². The van der Waals surface area contributed by atoms with Gasteiger partial charge >= 0.3 is 12.1 Å². The predicted octanol–water partition coefficient (Wildman–Crippen LogP) is 4.38. The van der Waals surface area contributed by atoms with E-state index in [1.165, 1.54) is 0 Å². The van der Waals surface area contributed by atoms with Crippen LogP contribution >= 0.6 is 0 Å². The molecule has 1 heterocycles. The molecule has 0 spiro atoms. The Balaban J connectivity index is 1.72. The molecule has 0 radical (unpaired) electrons. The van der Waals surface area contributed by atoms with Gasteiger partial charge in [-0.2, -0.15) is 0 Å². The molecule has 6 nitrogen and oxygen atoms in total. The van der Waals surface area contributed by atoms with Crippen LogP contribution in [-0.4, -0.2) is 23.6 Å². The summed E-state index contributed by atoms with van der Waals surface area (Å²) in [7, 11) is 0. The van der Waals surface area contributed by atoms with Crippen LogP contribution < -0.4 is 5.32 Å². The number of amides is 1. The lowest BCUT2D eigenvalue weighted by Gasteiger charge is -2.19. The summed E-state index contributed by atoms with van der Waals surface area (Å²) in [6, 6.07) is 16.2. The topological polar surface area (TPSA) is 77.0 Å². The molecule has 0 fully saturated rings. The third-order valence-corrected chi connectivity index (χ3v) is 3.50. The molecule has 0 saturated carbocycles. The Morgan fingerprint density at radius 2 is 1.74 bits per heavy atom. The quantitative estimate of drug-likeness (QED) is 0.648. The van der Waals surface area contributed by atoms with E-state index >= 15 is 0 Å². The van der Waals surface area contributed by atoms with E-state index in [9.17, 15) is 9.59 Å². The lowest BCUT2D eigenvalue weighted by Crippen LogP contribution is -2.27. The van der Waals surface area contributed by atoms with E-state index in [0.717, 1.165) is 5.56 Å². The van der Waals surface area contributed by atoms with Gasteiger partial charge in [0, 0.05) is 11.3 Å². The molecular formula is C21H20N2O4. The smallest absolute Gasteiger partial charge is 0.412 e. The van der Waals surface area contributed by atoms with Gasteiger partial charge in [0.1, 0.15) is 5.60 Å². The van der Waals surface area contributed by atoms with E-state index in [-0.39, 0.29) is 11.6 Å². The number of ether oxygens (including phenoxy) is 2. The number of carbonyl (C=O) groups is 2. The van der Waals surface area contributed by atoms with Crippen LogP contribution in [0.1, 0.15) is 31.9 Å². The standard InChI is InChI=1S/C21H20N2O4/c1-21(2,3)27-20(25)22-16-11-9-15(10-12-16)18-23-17(19(24)26-18)13-14-7-5-4-6-8-14/h4-13H,1-3H3,(H,22,25)/b17-13+. The van der Waals surface area contributed by atoms with Crippen molar-refractivity contribution in [3.05, 3.63) is 71.4 Å². The van der Waals surface area contributed by atoms with Crippen LogP contribution in [0.25, 0.3) is 6.08 Å². The third kappa shape index (κ3) is 5.04. The number of esters is 1.